The van der Waals surface area contributed by atoms with E-state index in [4.69, 9.17) is 9.47 Å². The standard InChI is InChI=1S/C30H45N3O6S/c1-22-19-33(23(2)21-34)30(35)27-18-25(31(4)5)15-16-28(27)39-24(3)12-10-11-17-38-29(22)20-32(6)40(36,37)26-13-8-7-9-14-26/h7-9,13-16,18,22-24,29,34H,10-12,17,19-21H2,1-6H3/t22-,23-,24+,29-/m0/s1. The maximum atomic E-state index is 14.1. The number of aliphatic hydroxyl groups excluding tert-OH is 1. The maximum absolute atomic E-state index is 14.1. The molecule has 40 heavy (non-hydrogen) atoms. The Morgan fingerprint density at radius 2 is 1.77 bits per heavy atom. The van der Waals surface area contributed by atoms with Crippen molar-refractivity contribution in [2.24, 2.45) is 5.92 Å². The van der Waals surface area contributed by atoms with Crippen molar-refractivity contribution in [2.75, 3.05) is 52.3 Å². The number of sulfonamides is 1. The molecule has 0 saturated heterocycles. The van der Waals surface area contributed by atoms with E-state index in [1.807, 2.05) is 51.0 Å². The largest absolute Gasteiger partial charge is 0.490 e. The van der Waals surface area contributed by atoms with Gasteiger partial charge in [0.1, 0.15) is 5.75 Å². The molecule has 0 unspecified atom stereocenters. The highest BCUT2D eigenvalue weighted by molar-refractivity contribution is 7.89. The van der Waals surface area contributed by atoms with Crippen LogP contribution in [0.4, 0.5) is 5.69 Å². The second kappa shape index (κ2) is 14.3. The predicted molar refractivity (Wildman–Crippen MR) is 157 cm³/mol. The summed E-state index contributed by atoms with van der Waals surface area (Å²) in [5.41, 5.74) is 1.30. The van der Waals surface area contributed by atoms with Crippen LogP contribution in [0.1, 0.15) is 50.4 Å². The third kappa shape index (κ3) is 7.96. The van der Waals surface area contributed by atoms with Crippen LogP contribution >= 0.6 is 0 Å². The Kier molecular flexibility index (Phi) is 11.4. The number of rotatable bonds is 7. The van der Waals surface area contributed by atoms with Gasteiger partial charge in [-0.05, 0) is 63.4 Å². The number of carbonyl (C=O) groups is 1. The first-order valence-corrected chi connectivity index (χ1v) is 15.4. The van der Waals surface area contributed by atoms with Crippen LogP contribution in [0.5, 0.6) is 5.75 Å². The number of fused-ring (bicyclic) bond motifs is 1. The molecule has 0 aromatic heterocycles. The molecule has 10 heteroatoms. The predicted octanol–water partition coefficient (Wildman–Crippen LogP) is 3.87. The molecule has 1 heterocycles. The van der Waals surface area contributed by atoms with Crippen LogP contribution in [0.25, 0.3) is 0 Å². The van der Waals surface area contributed by atoms with Gasteiger partial charge in [-0.2, -0.15) is 4.31 Å². The number of benzene rings is 2. The fraction of sp³-hybridized carbons (Fsp3) is 0.567. The van der Waals surface area contributed by atoms with E-state index in [9.17, 15) is 18.3 Å². The summed E-state index contributed by atoms with van der Waals surface area (Å²) in [5.74, 6) is 0.0412. The molecule has 2 aromatic carbocycles. The maximum Gasteiger partial charge on any atom is 0.258 e. The molecule has 0 fully saturated rings. The highest BCUT2D eigenvalue weighted by Crippen LogP contribution is 2.29. The van der Waals surface area contributed by atoms with E-state index < -0.39 is 22.2 Å². The average Bonchev–Trinajstić information content (AvgIpc) is 2.94. The number of anilines is 1. The van der Waals surface area contributed by atoms with Crippen LogP contribution in [0.2, 0.25) is 0 Å². The lowest BCUT2D eigenvalue weighted by Gasteiger charge is -2.35. The zero-order valence-electron chi connectivity index (χ0n) is 24.6. The molecule has 4 atom stereocenters. The van der Waals surface area contributed by atoms with Crippen molar-refractivity contribution < 1.29 is 27.8 Å². The number of nitrogens with zero attached hydrogens (tertiary/aromatic N) is 3. The molecule has 0 aliphatic carbocycles. The molecule has 3 rings (SSSR count). The molecule has 1 amide bonds. The van der Waals surface area contributed by atoms with Gasteiger partial charge in [0.2, 0.25) is 10.0 Å². The van der Waals surface area contributed by atoms with Crippen molar-refractivity contribution in [2.45, 2.75) is 63.2 Å². The number of ether oxygens (including phenoxy) is 2. The third-order valence-corrected chi connectivity index (χ3v) is 9.28. The molecule has 222 valence electrons. The SMILES string of the molecule is C[C@@H]1CCCCO[C@@H](CN(C)S(=O)(=O)c2ccccc2)[C@@H](C)CN([C@@H](C)CO)C(=O)c2cc(N(C)C)ccc2O1. The summed E-state index contributed by atoms with van der Waals surface area (Å²) in [6.07, 6.45) is 1.88. The molecule has 0 radical (unpaired) electrons. The van der Waals surface area contributed by atoms with Crippen LogP contribution in [0.3, 0.4) is 0 Å². The molecule has 1 N–H and O–H groups in total. The van der Waals surface area contributed by atoms with E-state index in [2.05, 4.69) is 0 Å². The second-order valence-electron chi connectivity index (χ2n) is 11.0. The van der Waals surface area contributed by atoms with Crippen LogP contribution < -0.4 is 9.64 Å². The summed E-state index contributed by atoms with van der Waals surface area (Å²) >= 11 is 0. The first-order chi connectivity index (χ1) is 18.9. The molecule has 0 saturated carbocycles. The molecule has 1 aliphatic rings. The van der Waals surface area contributed by atoms with Crippen molar-refractivity contribution >= 4 is 21.6 Å². The van der Waals surface area contributed by atoms with E-state index in [1.165, 1.54) is 4.31 Å². The number of hydrogen-bond acceptors (Lipinski definition) is 7. The Morgan fingerprint density at radius 1 is 1.07 bits per heavy atom. The summed E-state index contributed by atoms with van der Waals surface area (Å²) in [7, 11) is 1.67. The lowest BCUT2D eigenvalue weighted by molar-refractivity contribution is -0.00833. The highest BCUT2D eigenvalue weighted by atomic mass is 32.2. The molecule has 0 bridgehead atoms. The van der Waals surface area contributed by atoms with Gasteiger partial charge in [0.05, 0.1) is 35.3 Å². The van der Waals surface area contributed by atoms with Gasteiger partial charge in [0.15, 0.2) is 0 Å². The molecule has 1 aliphatic heterocycles. The van der Waals surface area contributed by atoms with Crippen LogP contribution in [0, 0.1) is 5.92 Å². The van der Waals surface area contributed by atoms with Gasteiger partial charge >= 0.3 is 0 Å². The van der Waals surface area contributed by atoms with Crippen LogP contribution in [-0.2, 0) is 14.8 Å². The van der Waals surface area contributed by atoms with Gasteiger partial charge in [-0.15, -0.1) is 0 Å². The molecule has 0 spiro atoms. The number of carbonyl (C=O) groups excluding carboxylic acids is 1. The Labute approximate surface area is 239 Å². The Morgan fingerprint density at radius 3 is 2.42 bits per heavy atom. The van der Waals surface area contributed by atoms with E-state index >= 15 is 0 Å². The minimum Gasteiger partial charge on any atom is -0.490 e. The van der Waals surface area contributed by atoms with Gasteiger partial charge < -0.3 is 24.4 Å². The summed E-state index contributed by atoms with van der Waals surface area (Å²) in [6.45, 7) is 6.40. The number of hydrogen-bond donors (Lipinski definition) is 1. The molecular formula is C30H45N3O6S. The summed E-state index contributed by atoms with van der Waals surface area (Å²) < 4.78 is 40.4. The lowest BCUT2D eigenvalue weighted by Crippen LogP contribution is -2.48. The van der Waals surface area contributed by atoms with Crippen molar-refractivity contribution in [3.63, 3.8) is 0 Å². The summed E-state index contributed by atoms with van der Waals surface area (Å²) in [4.78, 5) is 17.9. The fourth-order valence-corrected chi connectivity index (χ4v) is 5.98. The van der Waals surface area contributed by atoms with Crippen molar-refractivity contribution in [1.29, 1.82) is 0 Å². The molecule has 9 nitrogen and oxygen atoms in total. The zero-order chi connectivity index (χ0) is 29.4. The summed E-state index contributed by atoms with van der Waals surface area (Å²) in [5, 5.41) is 10.1. The van der Waals surface area contributed by atoms with Crippen molar-refractivity contribution in [1.82, 2.24) is 9.21 Å². The Hall–Kier alpha value is -2.66. The zero-order valence-corrected chi connectivity index (χ0v) is 25.4. The first-order valence-electron chi connectivity index (χ1n) is 14.0. The van der Waals surface area contributed by atoms with Gasteiger partial charge in [-0.1, -0.05) is 25.1 Å². The van der Waals surface area contributed by atoms with Gasteiger partial charge in [0.25, 0.3) is 5.91 Å². The molecular weight excluding hydrogens is 530 g/mol. The minimum absolute atomic E-state index is 0.111. The first kappa shape index (κ1) is 31.9. The van der Waals surface area contributed by atoms with E-state index in [0.717, 1.165) is 24.9 Å². The monoisotopic (exact) mass is 575 g/mol. The lowest BCUT2D eigenvalue weighted by atomic mass is 10.0. The smallest absolute Gasteiger partial charge is 0.258 e. The van der Waals surface area contributed by atoms with Gasteiger partial charge in [-0.3, -0.25) is 4.79 Å². The quantitative estimate of drug-likeness (QED) is 0.535. The Balaban J connectivity index is 1.96. The van der Waals surface area contributed by atoms with Crippen LogP contribution in [0.15, 0.2) is 53.4 Å². The Bertz CT molecular complexity index is 1210. The average molecular weight is 576 g/mol. The normalized spacial score (nSPS) is 22.2. The van der Waals surface area contributed by atoms with Crippen molar-refractivity contribution in [3.05, 3.63) is 54.1 Å². The number of aliphatic hydroxyl groups is 1. The topological polar surface area (TPSA) is 99.6 Å². The number of amides is 1. The van der Waals surface area contributed by atoms with E-state index in [-0.39, 0.29) is 42.5 Å². The molecule has 2 aromatic rings. The van der Waals surface area contributed by atoms with E-state index in [1.54, 1.807) is 49.2 Å². The minimum atomic E-state index is -3.72. The highest BCUT2D eigenvalue weighted by Gasteiger charge is 2.32. The fourth-order valence-electron chi connectivity index (χ4n) is 4.78. The van der Waals surface area contributed by atoms with E-state index in [0.29, 0.717) is 17.9 Å². The number of likely N-dealkylation sites (N-methyl/N-ethyl adjacent to an activating group) is 1. The van der Waals surface area contributed by atoms with Crippen LogP contribution in [-0.4, -0.2) is 94.3 Å². The van der Waals surface area contributed by atoms with Crippen molar-refractivity contribution in [3.8, 4) is 5.75 Å². The van der Waals surface area contributed by atoms with Gasteiger partial charge in [-0.25, -0.2) is 8.42 Å². The van der Waals surface area contributed by atoms with Gasteiger partial charge in [0, 0.05) is 52.4 Å². The third-order valence-electron chi connectivity index (χ3n) is 7.44. The second-order valence-corrected chi connectivity index (χ2v) is 13.0. The summed E-state index contributed by atoms with van der Waals surface area (Å²) in [6, 6.07) is 13.5.